The minimum absolute atomic E-state index is 0.163. The molecule has 1 aromatic heterocycles. The van der Waals surface area contributed by atoms with Crippen molar-refractivity contribution in [2.24, 2.45) is 0 Å². The maximum Gasteiger partial charge on any atom is 0.329 e. The van der Waals surface area contributed by atoms with Gasteiger partial charge in [-0.05, 0) is 47.9 Å². The normalized spacial score (nSPS) is 16.2. The summed E-state index contributed by atoms with van der Waals surface area (Å²) in [5.41, 5.74) is 1.84. The molecule has 1 aliphatic rings. The first-order chi connectivity index (χ1) is 13.5. The summed E-state index contributed by atoms with van der Waals surface area (Å²) in [4.78, 5) is 39.2. The number of carbonyl (C=O) groups excluding carboxylic acids is 3. The lowest BCUT2D eigenvalue weighted by Crippen LogP contribution is -2.41. The van der Waals surface area contributed by atoms with Gasteiger partial charge in [0, 0.05) is 12.2 Å². The highest BCUT2D eigenvalue weighted by molar-refractivity contribution is 7.12. The van der Waals surface area contributed by atoms with Crippen LogP contribution >= 0.6 is 11.3 Å². The molecular formula is C21H24N2O4S. The van der Waals surface area contributed by atoms with Crippen LogP contribution in [0.25, 0.3) is 0 Å². The maximum absolute atomic E-state index is 12.5. The minimum Gasteiger partial charge on any atom is -0.454 e. The van der Waals surface area contributed by atoms with Gasteiger partial charge in [-0.3, -0.25) is 9.59 Å². The molecule has 3 rings (SSSR count). The third-order valence-electron chi connectivity index (χ3n) is 4.72. The molecule has 0 radical (unpaired) electrons. The minimum atomic E-state index is -0.632. The van der Waals surface area contributed by atoms with Gasteiger partial charge >= 0.3 is 5.97 Å². The third kappa shape index (κ3) is 4.78. The van der Waals surface area contributed by atoms with E-state index in [1.54, 1.807) is 12.1 Å². The Bertz CT molecular complexity index is 831. The number of benzene rings is 1. The zero-order chi connectivity index (χ0) is 20.1. The Morgan fingerprint density at radius 1 is 1.21 bits per heavy atom. The summed E-state index contributed by atoms with van der Waals surface area (Å²) < 4.78 is 5.18. The molecule has 0 spiro atoms. The van der Waals surface area contributed by atoms with E-state index in [2.05, 4.69) is 19.2 Å². The Morgan fingerprint density at radius 3 is 2.61 bits per heavy atom. The molecule has 7 heteroatoms. The molecule has 2 heterocycles. The number of likely N-dealkylation sites (tertiary alicyclic amines) is 1. The smallest absolute Gasteiger partial charge is 0.329 e. The first kappa shape index (κ1) is 20.1. The molecule has 28 heavy (non-hydrogen) atoms. The van der Waals surface area contributed by atoms with Crippen molar-refractivity contribution in [3.8, 4) is 0 Å². The Hall–Kier alpha value is -2.67. The van der Waals surface area contributed by atoms with Crippen LogP contribution in [0.5, 0.6) is 0 Å². The number of thiophene rings is 1. The summed E-state index contributed by atoms with van der Waals surface area (Å²) in [6.07, 6.45) is 1.29. The fourth-order valence-corrected chi connectivity index (χ4v) is 3.86. The van der Waals surface area contributed by atoms with Gasteiger partial charge in [0.2, 0.25) is 0 Å². The van der Waals surface area contributed by atoms with Crippen molar-refractivity contribution in [2.75, 3.05) is 18.5 Å². The van der Waals surface area contributed by atoms with Crippen molar-refractivity contribution >= 4 is 34.8 Å². The average Bonchev–Trinajstić information content (AvgIpc) is 3.38. The van der Waals surface area contributed by atoms with Crippen molar-refractivity contribution in [3.05, 3.63) is 52.2 Å². The van der Waals surface area contributed by atoms with Crippen molar-refractivity contribution < 1.29 is 19.1 Å². The zero-order valence-electron chi connectivity index (χ0n) is 16.0. The topological polar surface area (TPSA) is 75.7 Å². The van der Waals surface area contributed by atoms with Gasteiger partial charge < -0.3 is 15.0 Å². The number of anilines is 1. The molecule has 1 fully saturated rings. The quantitative estimate of drug-likeness (QED) is 0.751. The van der Waals surface area contributed by atoms with E-state index in [9.17, 15) is 14.4 Å². The summed E-state index contributed by atoms with van der Waals surface area (Å²) in [6.45, 7) is 4.35. The summed E-state index contributed by atoms with van der Waals surface area (Å²) in [7, 11) is 0. The molecule has 0 saturated carbocycles. The molecule has 2 amide bonds. The largest absolute Gasteiger partial charge is 0.454 e. The number of hydrogen-bond donors (Lipinski definition) is 1. The van der Waals surface area contributed by atoms with Crippen LogP contribution in [-0.4, -0.2) is 41.9 Å². The zero-order valence-corrected chi connectivity index (χ0v) is 16.8. The number of amides is 2. The third-order valence-corrected chi connectivity index (χ3v) is 5.58. The summed E-state index contributed by atoms with van der Waals surface area (Å²) in [5, 5.41) is 4.54. The van der Waals surface area contributed by atoms with Crippen LogP contribution in [0.15, 0.2) is 41.8 Å². The monoisotopic (exact) mass is 400 g/mol. The van der Waals surface area contributed by atoms with Crippen molar-refractivity contribution in [3.63, 3.8) is 0 Å². The number of rotatable bonds is 6. The molecule has 0 aliphatic carbocycles. The van der Waals surface area contributed by atoms with E-state index in [0.29, 0.717) is 29.4 Å². The van der Waals surface area contributed by atoms with E-state index in [1.165, 1.54) is 21.8 Å². The van der Waals surface area contributed by atoms with Crippen molar-refractivity contribution in [2.45, 2.75) is 38.6 Å². The second-order valence-electron chi connectivity index (χ2n) is 7.07. The Kier molecular flexibility index (Phi) is 6.46. The molecule has 0 unspecified atom stereocenters. The van der Waals surface area contributed by atoms with E-state index >= 15 is 0 Å². The predicted octanol–water partition coefficient (Wildman–Crippen LogP) is 3.66. The van der Waals surface area contributed by atoms with E-state index in [1.807, 2.05) is 29.6 Å². The highest BCUT2D eigenvalue weighted by atomic mass is 32.1. The number of nitrogens with zero attached hydrogens (tertiary/aromatic N) is 1. The van der Waals surface area contributed by atoms with Gasteiger partial charge in [0.15, 0.2) is 6.61 Å². The van der Waals surface area contributed by atoms with Crippen molar-refractivity contribution in [1.29, 1.82) is 0 Å². The first-order valence-electron chi connectivity index (χ1n) is 9.36. The van der Waals surface area contributed by atoms with Crippen LogP contribution in [0.1, 0.15) is 47.8 Å². The molecule has 1 aromatic carbocycles. The maximum atomic E-state index is 12.5. The highest BCUT2D eigenvalue weighted by Gasteiger charge is 2.36. The number of carbonyl (C=O) groups is 3. The van der Waals surface area contributed by atoms with Gasteiger partial charge in [-0.15, -0.1) is 11.3 Å². The molecule has 2 aromatic rings. The van der Waals surface area contributed by atoms with Crippen LogP contribution in [0.4, 0.5) is 5.69 Å². The Morgan fingerprint density at radius 2 is 1.96 bits per heavy atom. The van der Waals surface area contributed by atoms with Gasteiger partial charge in [0.1, 0.15) is 6.04 Å². The van der Waals surface area contributed by atoms with E-state index in [-0.39, 0.29) is 12.5 Å². The molecule has 148 valence electrons. The molecule has 1 aliphatic heterocycles. The lowest BCUT2D eigenvalue weighted by molar-refractivity contribution is -0.151. The SMILES string of the molecule is CC(C)c1ccc(NC(=O)COC(=O)[C@@H]2CCCN2C(=O)c2cccs2)cc1. The van der Waals surface area contributed by atoms with Gasteiger partial charge in [-0.2, -0.15) is 0 Å². The van der Waals surface area contributed by atoms with Crippen LogP contribution < -0.4 is 5.32 Å². The van der Waals surface area contributed by atoms with Crippen LogP contribution in [-0.2, 0) is 14.3 Å². The van der Waals surface area contributed by atoms with E-state index in [0.717, 1.165) is 6.42 Å². The van der Waals surface area contributed by atoms with E-state index in [4.69, 9.17) is 4.74 Å². The second kappa shape index (κ2) is 9.01. The van der Waals surface area contributed by atoms with Gasteiger partial charge in [0.05, 0.1) is 4.88 Å². The standard InChI is InChI=1S/C21H24N2O4S/c1-14(2)15-7-9-16(10-8-15)22-19(24)13-27-21(26)17-5-3-11-23(17)20(25)18-6-4-12-28-18/h4,6-10,12,14,17H,3,5,11,13H2,1-2H3,(H,22,24)/t17-/m0/s1. The van der Waals surface area contributed by atoms with Crippen LogP contribution in [0.3, 0.4) is 0 Å². The second-order valence-corrected chi connectivity index (χ2v) is 8.01. The average molecular weight is 400 g/mol. The Labute approximate surface area is 168 Å². The first-order valence-corrected chi connectivity index (χ1v) is 10.2. The highest BCUT2D eigenvalue weighted by Crippen LogP contribution is 2.23. The lowest BCUT2D eigenvalue weighted by atomic mass is 10.0. The fourth-order valence-electron chi connectivity index (χ4n) is 3.18. The van der Waals surface area contributed by atoms with E-state index < -0.39 is 17.9 Å². The molecular weight excluding hydrogens is 376 g/mol. The van der Waals surface area contributed by atoms with Crippen molar-refractivity contribution in [1.82, 2.24) is 4.90 Å². The molecule has 1 N–H and O–H groups in total. The summed E-state index contributed by atoms with van der Waals surface area (Å²) >= 11 is 1.35. The Balaban J connectivity index is 1.51. The van der Waals surface area contributed by atoms with Gasteiger partial charge in [-0.25, -0.2) is 4.79 Å². The molecule has 6 nitrogen and oxygen atoms in total. The molecule has 0 bridgehead atoms. The number of nitrogens with one attached hydrogen (secondary N) is 1. The fraction of sp³-hybridized carbons (Fsp3) is 0.381. The number of hydrogen-bond acceptors (Lipinski definition) is 5. The summed E-state index contributed by atoms with van der Waals surface area (Å²) in [6, 6.07) is 10.5. The predicted molar refractivity (Wildman–Crippen MR) is 108 cm³/mol. The van der Waals surface area contributed by atoms with Gasteiger partial charge in [-0.1, -0.05) is 32.0 Å². The summed E-state index contributed by atoms with van der Waals surface area (Å²) in [5.74, 6) is -0.686. The molecule has 1 saturated heterocycles. The van der Waals surface area contributed by atoms with Gasteiger partial charge in [0.25, 0.3) is 11.8 Å². The van der Waals surface area contributed by atoms with Crippen LogP contribution in [0, 0.1) is 0 Å². The lowest BCUT2D eigenvalue weighted by Gasteiger charge is -2.22. The number of ether oxygens (including phenoxy) is 1. The molecule has 1 atom stereocenters. The van der Waals surface area contributed by atoms with Crippen LogP contribution in [0.2, 0.25) is 0 Å². The number of esters is 1.